The first-order chi connectivity index (χ1) is 14.7. The first-order valence-electron chi connectivity index (χ1n) is 10.0. The van der Waals surface area contributed by atoms with Gasteiger partial charge in [0.2, 0.25) is 0 Å². The number of hydrogen-bond donors (Lipinski definition) is 1. The second kappa shape index (κ2) is 10.9. The predicted molar refractivity (Wildman–Crippen MR) is 118 cm³/mol. The molecule has 0 spiro atoms. The van der Waals surface area contributed by atoms with Crippen molar-refractivity contribution < 1.29 is 19.0 Å². The smallest absolute Gasteiger partial charge is 0.265 e. The largest absolute Gasteiger partial charge is 0.494 e. The number of nitrogens with one attached hydrogen (secondary N) is 1. The molecule has 3 aromatic carbocycles. The highest BCUT2D eigenvalue weighted by atomic mass is 16.5. The fourth-order valence-corrected chi connectivity index (χ4v) is 2.98. The van der Waals surface area contributed by atoms with Crippen molar-refractivity contribution >= 4 is 11.6 Å². The maximum absolute atomic E-state index is 12.5. The number of benzene rings is 3. The summed E-state index contributed by atoms with van der Waals surface area (Å²) in [5, 5.41) is 2.87. The van der Waals surface area contributed by atoms with Crippen molar-refractivity contribution in [1.29, 1.82) is 0 Å². The quantitative estimate of drug-likeness (QED) is 0.476. The average molecular weight is 405 g/mol. The average Bonchev–Trinajstić information content (AvgIpc) is 2.78. The molecule has 0 saturated heterocycles. The number of anilines is 1. The van der Waals surface area contributed by atoms with Crippen molar-refractivity contribution in [3.05, 3.63) is 84.4 Å². The normalized spacial score (nSPS) is 11.4. The molecule has 1 atom stereocenters. The Morgan fingerprint density at radius 1 is 0.933 bits per heavy atom. The van der Waals surface area contributed by atoms with Gasteiger partial charge in [0.15, 0.2) is 17.6 Å². The molecular weight excluding hydrogens is 378 g/mol. The van der Waals surface area contributed by atoms with Crippen molar-refractivity contribution in [2.45, 2.75) is 25.9 Å². The van der Waals surface area contributed by atoms with Gasteiger partial charge in [-0.2, -0.15) is 0 Å². The van der Waals surface area contributed by atoms with Crippen LogP contribution < -0.4 is 19.5 Å². The van der Waals surface area contributed by atoms with Crippen LogP contribution in [0.1, 0.15) is 18.9 Å². The standard InChI is InChI=1S/C25H27NO4/c1-19(30-24-16-7-6-15-23(24)28-2)25(27)26-21-13-8-14-22(18-21)29-17-9-12-20-10-4-3-5-11-20/h3-8,10-11,13-16,18-19H,9,12,17H2,1-2H3,(H,26,27). The topological polar surface area (TPSA) is 56.8 Å². The van der Waals surface area contributed by atoms with E-state index < -0.39 is 6.10 Å². The fourth-order valence-electron chi connectivity index (χ4n) is 2.98. The van der Waals surface area contributed by atoms with Crippen molar-refractivity contribution in [1.82, 2.24) is 0 Å². The van der Waals surface area contributed by atoms with Gasteiger partial charge in [-0.1, -0.05) is 48.5 Å². The van der Waals surface area contributed by atoms with Gasteiger partial charge < -0.3 is 19.5 Å². The minimum absolute atomic E-state index is 0.248. The Hall–Kier alpha value is -3.47. The fraction of sp³-hybridized carbons (Fsp3) is 0.240. The Morgan fingerprint density at radius 3 is 2.43 bits per heavy atom. The summed E-state index contributed by atoms with van der Waals surface area (Å²) < 4.78 is 16.9. The Bertz CT molecular complexity index is 943. The molecule has 5 nitrogen and oxygen atoms in total. The van der Waals surface area contributed by atoms with Crippen molar-refractivity contribution in [3.8, 4) is 17.2 Å². The molecule has 3 rings (SSSR count). The number of aryl methyl sites for hydroxylation is 1. The SMILES string of the molecule is COc1ccccc1OC(C)C(=O)Nc1cccc(OCCCc2ccccc2)c1. The number of methoxy groups -OCH3 is 1. The molecule has 0 aliphatic carbocycles. The molecule has 0 aromatic heterocycles. The van der Waals surface area contributed by atoms with Crippen LogP contribution in [0.5, 0.6) is 17.2 Å². The van der Waals surface area contributed by atoms with Crippen LogP contribution in [0.15, 0.2) is 78.9 Å². The van der Waals surface area contributed by atoms with Crippen LogP contribution in [0.25, 0.3) is 0 Å². The van der Waals surface area contributed by atoms with E-state index in [-0.39, 0.29) is 5.91 Å². The summed E-state index contributed by atoms with van der Waals surface area (Å²) >= 11 is 0. The summed E-state index contributed by atoms with van der Waals surface area (Å²) in [5.74, 6) is 1.59. The molecule has 1 unspecified atom stereocenters. The summed E-state index contributed by atoms with van der Waals surface area (Å²) in [6.45, 7) is 2.31. The number of carbonyl (C=O) groups is 1. The molecule has 0 heterocycles. The van der Waals surface area contributed by atoms with Crippen molar-refractivity contribution in [2.75, 3.05) is 19.0 Å². The second-order valence-corrected chi connectivity index (χ2v) is 6.87. The van der Waals surface area contributed by atoms with E-state index in [0.717, 1.165) is 18.6 Å². The van der Waals surface area contributed by atoms with Gasteiger partial charge in [-0.25, -0.2) is 0 Å². The lowest BCUT2D eigenvalue weighted by atomic mass is 10.1. The minimum Gasteiger partial charge on any atom is -0.494 e. The summed E-state index contributed by atoms with van der Waals surface area (Å²) in [6, 6.07) is 25.0. The molecule has 30 heavy (non-hydrogen) atoms. The van der Waals surface area contributed by atoms with E-state index in [1.165, 1.54) is 5.56 Å². The van der Waals surface area contributed by atoms with Crippen molar-refractivity contribution in [2.24, 2.45) is 0 Å². The third kappa shape index (κ3) is 6.27. The van der Waals surface area contributed by atoms with Gasteiger partial charge in [0.1, 0.15) is 5.75 Å². The maximum atomic E-state index is 12.5. The number of amides is 1. The number of carbonyl (C=O) groups excluding carboxylic acids is 1. The number of rotatable bonds is 10. The summed E-state index contributed by atoms with van der Waals surface area (Å²) in [6.07, 6.45) is 1.20. The van der Waals surface area contributed by atoms with E-state index in [1.807, 2.05) is 54.6 Å². The summed E-state index contributed by atoms with van der Waals surface area (Å²) in [5.41, 5.74) is 1.96. The summed E-state index contributed by atoms with van der Waals surface area (Å²) in [7, 11) is 1.57. The highest BCUT2D eigenvalue weighted by molar-refractivity contribution is 5.94. The van der Waals surface area contributed by atoms with Crippen molar-refractivity contribution in [3.63, 3.8) is 0 Å². The van der Waals surface area contributed by atoms with Crippen LogP contribution in [0.2, 0.25) is 0 Å². The van der Waals surface area contributed by atoms with Crippen LogP contribution in [-0.4, -0.2) is 25.7 Å². The molecule has 0 bridgehead atoms. The molecule has 0 radical (unpaired) electrons. The van der Waals surface area contributed by atoms with E-state index in [0.29, 0.717) is 23.8 Å². The van der Waals surface area contributed by atoms with Crippen LogP contribution in [0.4, 0.5) is 5.69 Å². The molecule has 1 amide bonds. The Balaban J connectivity index is 1.49. The molecular formula is C25H27NO4. The first kappa shape index (κ1) is 21.2. The monoisotopic (exact) mass is 405 g/mol. The highest BCUT2D eigenvalue weighted by Crippen LogP contribution is 2.27. The van der Waals surface area contributed by atoms with Gasteiger partial charge in [0.05, 0.1) is 13.7 Å². The third-order valence-corrected chi connectivity index (χ3v) is 4.56. The number of ether oxygens (including phenoxy) is 3. The van der Waals surface area contributed by atoms with E-state index in [4.69, 9.17) is 14.2 Å². The van der Waals surface area contributed by atoms with Gasteiger partial charge in [0, 0.05) is 11.8 Å². The highest BCUT2D eigenvalue weighted by Gasteiger charge is 2.17. The molecule has 1 N–H and O–H groups in total. The number of para-hydroxylation sites is 2. The molecule has 3 aromatic rings. The van der Waals surface area contributed by atoms with Gasteiger partial charge >= 0.3 is 0 Å². The molecule has 5 heteroatoms. The van der Waals surface area contributed by atoms with Crippen LogP contribution >= 0.6 is 0 Å². The molecule has 156 valence electrons. The number of hydrogen-bond acceptors (Lipinski definition) is 4. The predicted octanol–water partition coefficient (Wildman–Crippen LogP) is 5.11. The molecule has 0 aliphatic heterocycles. The summed E-state index contributed by atoms with van der Waals surface area (Å²) in [4.78, 5) is 12.5. The van der Waals surface area contributed by atoms with E-state index in [9.17, 15) is 4.79 Å². The lowest BCUT2D eigenvalue weighted by molar-refractivity contribution is -0.122. The lowest BCUT2D eigenvalue weighted by Gasteiger charge is -2.17. The Kier molecular flexibility index (Phi) is 7.72. The molecule has 0 saturated carbocycles. The van der Waals surface area contributed by atoms with Gasteiger partial charge in [-0.3, -0.25) is 4.79 Å². The van der Waals surface area contributed by atoms with Crippen LogP contribution in [0.3, 0.4) is 0 Å². The van der Waals surface area contributed by atoms with Gasteiger partial charge in [-0.05, 0) is 49.6 Å². The second-order valence-electron chi connectivity index (χ2n) is 6.87. The van der Waals surface area contributed by atoms with Crippen LogP contribution in [-0.2, 0) is 11.2 Å². The molecule has 0 aliphatic rings. The maximum Gasteiger partial charge on any atom is 0.265 e. The van der Waals surface area contributed by atoms with Gasteiger partial charge in [0.25, 0.3) is 5.91 Å². The Morgan fingerprint density at radius 2 is 1.67 bits per heavy atom. The van der Waals surface area contributed by atoms with E-state index in [2.05, 4.69) is 17.4 Å². The Labute approximate surface area is 177 Å². The zero-order valence-corrected chi connectivity index (χ0v) is 17.3. The van der Waals surface area contributed by atoms with E-state index in [1.54, 1.807) is 26.2 Å². The zero-order chi connectivity index (χ0) is 21.2. The third-order valence-electron chi connectivity index (χ3n) is 4.56. The zero-order valence-electron chi connectivity index (χ0n) is 17.3. The molecule has 0 fully saturated rings. The van der Waals surface area contributed by atoms with E-state index >= 15 is 0 Å². The van der Waals surface area contributed by atoms with Gasteiger partial charge in [-0.15, -0.1) is 0 Å². The lowest BCUT2D eigenvalue weighted by Crippen LogP contribution is -2.30. The first-order valence-corrected chi connectivity index (χ1v) is 10.0. The van der Waals surface area contributed by atoms with Crippen LogP contribution in [0, 0.1) is 0 Å². The minimum atomic E-state index is -0.684.